The summed E-state index contributed by atoms with van der Waals surface area (Å²) in [6, 6.07) is 0.462. The molecule has 122 valence electrons. The fraction of sp³-hybridized carbons (Fsp3) is 0.941. The summed E-state index contributed by atoms with van der Waals surface area (Å²) in [5, 5.41) is 4.27. The van der Waals surface area contributed by atoms with Crippen molar-refractivity contribution >= 4 is 17.7 Å². The zero-order valence-corrected chi connectivity index (χ0v) is 15.1. The van der Waals surface area contributed by atoms with Gasteiger partial charge in [-0.2, -0.15) is 11.8 Å². The van der Waals surface area contributed by atoms with Crippen LogP contribution in [0.5, 0.6) is 0 Å². The number of carbonyl (C=O) groups is 1. The first-order valence-corrected chi connectivity index (χ1v) is 9.70. The highest BCUT2D eigenvalue weighted by Crippen LogP contribution is 2.37. The smallest absolute Gasteiger partial charge is 0.241 e. The Balaban J connectivity index is 2.17. The second-order valence-corrected chi connectivity index (χ2v) is 8.79. The SMILES string of the molecule is CCSC1CCCC1N1C(=O)C(C(C)C)NC1CC(C)C. The average Bonchev–Trinajstić information content (AvgIpc) is 2.94. The maximum atomic E-state index is 12.9. The summed E-state index contributed by atoms with van der Waals surface area (Å²) in [6.45, 7) is 11.0. The normalized spacial score (nSPS) is 33.7. The van der Waals surface area contributed by atoms with Crippen LogP contribution in [-0.2, 0) is 4.79 Å². The van der Waals surface area contributed by atoms with Gasteiger partial charge in [0.15, 0.2) is 0 Å². The van der Waals surface area contributed by atoms with Gasteiger partial charge in [0, 0.05) is 11.3 Å². The predicted octanol–water partition coefficient (Wildman–Crippen LogP) is 3.49. The molecule has 1 heterocycles. The van der Waals surface area contributed by atoms with Gasteiger partial charge in [0.25, 0.3) is 0 Å². The van der Waals surface area contributed by atoms with Gasteiger partial charge in [-0.15, -0.1) is 0 Å². The molecule has 1 aliphatic heterocycles. The van der Waals surface area contributed by atoms with Gasteiger partial charge in [-0.1, -0.05) is 41.0 Å². The molecule has 0 radical (unpaired) electrons. The van der Waals surface area contributed by atoms with Gasteiger partial charge in [0.1, 0.15) is 0 Å². The zero-order valence-electron chi connectivity index (χ0n) is 14.3. The summed E-state index contributed by atoms with van der Waals surface area (Å²) in [7, 11) is 0. The quantitative estimate of drug-likeness (QED) is 0.815. The third-order valence-corrected chi connectivity index (χ3v) is 6.06. The molecule has 2 rings (SSSR count). The van der Waals surface area contributed by atoms with Gasteiger partial charge in [0.05, 0.1) is 12.2 Å². The van der Waals surface area contributed by atoms with E-state index in [0.29, 0.717) is 29.0 Å². The lowest BCUT2D eigenvalue weighted by molar-refractivity contribution is -0.132. The summed E-state index contributed by atoms with van der Waals surface area (Å²) in [5.74, 6) is 2.49. The number of hydrogen-bond donors (Lipinski definition) is 1. The van der Waals surface area contributed by atoms with Gasteiger partial charge in [-0.25, -0.2) is 0 Å². The van der Waals surface area contributed by atoms with Gasteiger partial charge in [-0.05, 0) is 36.9 Å². The first kappa shape index (κ1) is 17.1. The van der Waals surface area contributed by atoms with E-state index in [2.05, 4.69) is 44.8 Å². The Morgan fingerprint density at radius 3 is 2.57 bits per heavy atom. The van der Waals surface area contributed by atoms with E-state index in [1.807, 2.05) is 11.8 Å². The number of nitrogens with zero attached hydrogens (tertiary/aromatic N) is 1. The monoisotopic (exact) mass is 312 g/mol. The molecule has 4 unspecified atom stereocenters. The minimum absolute atomic E-state index is 0.0154. The Morgan fingerprint density at radius 1 is 1.29 bits per heavy atom. The standard InChI is InChI=1S/C17H32N2OS/c1-6-21-14-9-7-8-13(14)19-15(10-11(2)3)18-16(12(4)5)17(19)20/h11-16,18H,6-10H2,1-5H3. The van der Waals surface area contributed by atoms with Crippen molar-refractivity contribution in [2.24, 2.45) is 11.8 Å². The van der Waals surface area contributed by atoms with Crippen molar-refractivity contribution in [3.63, 3.8) is 0 Å². The number of hydrogen-bond acceptors (Lipinski definition) is 3. The number of thioether (sulfide) groups is 1. The van der Waals surface area contributed by atoms with E-state index in [4.69, 9.17) is 0 Å². The van der Waals surface area contributed by atoms with Crippen LogP contribution in [0.2, 0.25) is 0 Å². The molecular formula is C17H32N2OS. The van der Waals surface area contributed by atoms with Crippen molar-refractivity contribution < 1.29 is 4.79 Å². The number of nitrogens with one attached hydrogen (secondary N) is 1. The molecule has 2 aliphatic rings. The first-order chi connectivity index (χ1) is 9.95. The molecule has 1 saturated carbocycles. The molecule has 0 spiro atoms. The molecule has 1 amide bonds. The maximum absolute atomic E-state index is 12.9. The highest BCUT2D eigenvalue weighted by atomic mass is 32.2. The fourth-order valence-electron chi connectivity index (χ4n) is 3.81. The van der Waals surface area contributed by atoms with Crippen molar-refractivity contribution in [3.05, 3.63) is 0 Å². The Hall–Kier alpha value is -0.220. The predicted molar refractivity (Wildman–Crippen MR) is 91.4 cm³/mol. The van der Waals surface area contributed by atoms with Crippen molar-refractivity contribution in [3.8, 4) is 0 Å². The molecule has 1 N–H and O–H groups in total. The van der Waals surface area contributed by atoms with E-state index in [-0.39, 0.29) is 12.2 Å². The molecule has 1 saturated heterocycles. The molecule has 4 heteroatoms. The molecular weight excluding hydrogens is 280 g/mol. The third-order valence-electron chi connectivity index (χ3n) is 4.75. The Bertz CT molecular complexity index is 359. The lowest BCUT2D eigenvalue weighted by Crippen LogP contribution is -2.47. The van der Waals surface area contributed by atoms with Gasteiger partial charge in [0.2, 0.25) is 5.91 Å². The average molecular weight is 313 g/mol. The molecule has 0 aromatic rings. The van der Waals surface area contributed by atoms with Crippen LogP contribution in [0.15, 0.2) is 0 Å². The van der Waals surface area contributed by atoms with Crippen molar-refractivity contribution in [1.29, 1.82) is 0 Å². The van der Waals surface area contributed by atoms with E-state index in [1.165, 1.54) is 19.3 Å². The summed E-state index contributed by atoms with van der Waals surface area (Å²) < 4.78 is 0. The minimum atomic E-state index is 0.0154. The zero-order chi connectivity index (χ0) is 15.6. The Labute approximate surface area is 134 Å². The minimum Gasteiger partial charge on any atom is -0.322 e. The van der Waals surface area contributed by atoms with E-state index >= 15 is 0 Å². The van der Waals surface area contributed by atoms with Crippen LogP contribution in [0.4, 0.5) is 0 Å². The van der Waals surface area contributed by atoms with E-state index in [9.17, 15) is 4.79 Å². The van der Waals surface area contributed by atoms with Crippen molar-refractivity contribution in [2.75, 3.05) is 5.75 Å². The van der Waals surface area contributed by atoms with Crippen molar-refractivity contribution in [2.45, 2.75) is 83.8 Å². The molecule has 1 aliphatic carbocycles. The van der Waals surface area contributed by atoms with Gasteiger partial charge >= 0.3 is 0 Å². The molecule has 0 aromatic carbocycles. The lowest BCUT2D eigenvalue weighted by atomic mass is 10.0. The summed E-state index contributed by atoms with van der Waals surface area (Å²) >= 11 is 2.04. The number of carbonyl (C=O) groups excluding carboxylic acids is 1. The van der Waals surface area contributed by atoms with Crippen LogP contribution in [0.3, 0.4) is 0 Å². The fourth-order valence-corrected chi connectivity index (χ4v) is 5.06. The molecule has 0 bridgehead atoms. The lowest BCUT2D eigenvalue weighted by Gasteiger charge is -2.34. The third kappa shape index (κ3) is 3.76. The van der Waals surface area contributed by atoms with E-state index < -0.39 is 0 Å². The van der Waals surface area contributed by atoms with E-state index in [0.717, 1.165) is 12.2 Å². The highest BCUT2D eigenvalue weighted by Gasteiger charge is 2.46. The molecule has 21 heavy (non-hydrogen) atoms. The van der Waals surface area contributed by atoms with Crippen LogP contribution in [0, 0.1) is 11.8 Å². The Morgan fingerprint density at radius 2 is 2.00 bits per heavy atom. The Kier molecular flexibility index (Phi) is 6.01. The first-order valence-electron chi connectivity index (χ1n) is 8.65. The molecule has 0 aromatic heterocycles. The van der Waals surface area contributed by atoms with Crippen LogP contribution in [-0.4, -0.2) is 40.1 Å². The second-order valence-electron chi connectivity index (χ2n) is 7.27. The molecule has 2 fully saturated rings. The maximum Gasteiger partial charge on any atom is 0.241 e. The summed E-state index contributed by atoms with van der Waals surface area (Å²) in [5.41, 5.74) is 0. The summed E-state index contributed by atoms with van der Waals surface area (Å²) in [6.07, 6.45) is 5.04. The van der Waals surface area contributed by atoms with Crippen LogP contribution >= 0.6 is 11.8 Å². The number of amides is 1. The highest BCUT2D eigenvalue weighted by molar-refractivity contribution is 7.99. The largest absolute Gasteiger partial charge is 0.322 e. The van der Waals surface area contributed by atoms with Gasteiger partial charge < -0.3 is 4.90 Å². The van der Waals surface area contributed by atoms with Crippen molar-refractivity contribution in [1.82, 2.24) is 10.2 Å². The second kappa shape index (κ2) is 7.36. The van der Waals surface area contributed by atoms with Crippen LogP contribution in [0.1, 0.15) is 60.3 Å². The summed E-state index contributed by atoms with van der Waals surface area (Å²) in [4.78, 5) is 15.2. The van der Waals surface area contributed by atoms with E-state index in [1.54, 1.807) is 0 Å². The van der Waals surface area contributed by atoms with Crippen LogP contribution < -0.4 is 5.32 Å². The molecule has 3 nitrogen and oxygen atoms in total. The topological polar surface area (TPSA) is 32.3 Å². The van der Waals surface area contributed by atoms with Gasteiger partial charge in [-0.3, -0.25) is 10.1 Å². The van der Waals surface area contributed by atoms with Crippen LogP contribution in [0.25, 0.3) is 0 Å². The number of rotatable bonds is 6. The molecule has 4 atom stereocenters.